The van der Waals surface area contributed by atoms with Crippen LogP contribution in [0.1, 0.15) is 38.2 Å². The van der Waals surface area contributed by atoms with Gasteiger partial charge in [0.1, 0.15) is 0 Å². The van der Waals surface area contributed by atoms with Gasteiger partial charge in [-0.2, -0.15) is 22.0 Å². The summed E-state index contributed by atoms with van der Waals surface area (Å²) in [6.45, 7) is 1.75. The Morgan fingerprint density at radius 3 is 2.08 bits per heavy atom. The second-order valence-corrected chi connectivity index (χ2v) is 7.29. The van der Waals surface area contributed by atoms with E-state index in [1.165, 1.54) is 19.9 Å². The highest BCUT2D eigenvalue weighted by molar-refractivity contribution is 5.30. The van der Waals surface area contributed by atoms with E-state index < -0.39 is 46.7 Å². The van der Waals surface area contributed by atoms with Gasteiger partial charge in [0.2, 0.25) is 5.82 Å². The summed E-state index contributed by atoms with van der Waals surface area (Å²) in [6, 6.07) is 2.37. The summed E-state index contributed by atoms with van der Waals surface area (Å²) in [5, 5.41) is 0. The normalized spacial score (nSPS) is 33.5. The van der Waals surface area contributed by atoms with E-state index in [0.29, 0.717) is 0 Å². The van der Waals surface area contributed by atoms with Gasteiger partial charge in [-0.15, -0.1) is 0 Å². The van der Waals surface area contributed by atoms with E-state index in [0.717, 1.165) is 6.07 Å². The maximum absolute atomic E-state index is 14.5. The number of ether oxygens (including phenoxy) is 1. The highest BCUT2D eigenvalue weighted by Crippen LogP contribution is 2.70. The summed E-state index contributed by atoms with van der Waals surface area (Å²) in [7, 11) is 0. The van der Waals surface area contributed by atoms with Crippen molar-refractivity contribution in [3.8, 4) is 5.75 Å². The summed E-state index contributed by atoms with van der Waals surface area (Å²) < 4.78 is 90.1. The molecule has 0 amide bonds. The predicted octanol–water partition coefficient (Wildman–Crippen LogP) is 5.50. The number of alkyl halides is 4. The first-order chi connectivity index (χ1) is 11.0. The highest BCUT2D eigenvalue weighted by Gasteiger charge is 2.80. The second-order valence-electron chi connectivity index (χ2n) is 7.29. The van der Waals surface area contributed by atoms with Crippen LogP contribution in [-0.2, 0) is 0 Å². The topological polar surface area (TPSA) is 9.23 Å². The molecule has 3 aliphatic carbocycles. The van der Waals surface area contributed by atoms with Crippen LogP contribution in [0.5, 0.6) is 5.75 Å². The van der Waals surface area contributed by atoms with Crippen LogP contribution in [0.4, 0.5) is 26.3 Å². The van der Waals surface area contributed by atoms with Crippen molar-refractivity contribution in [3.63, 3.8) is 0 Å². The van der Waals surface area contributed by atoms with Crippen LogP contribution >= 0.6 is 0 Å². The summed E-state index contributed by atoms with van der Waals surface area (Å²) in [6.07, 6.45) is -0.377. The lowest BCUT2D eigenvalue weighted by Gasteiger charge is -2.59. The van der Waals surface area contributed by atoms with E-state index in [4.69, 9.17) is 4.74 Å². The zero-order valence-corrected chi connectivity index (χ0v) is 13.4. The average molecular weight is 352 g/mol. The molecule has 3 aliphatic rings. The Bertz CT molecular complexity index is 661. The zero-order valence-electron chi connectivity index (χ0n) is 13.4. The molecule has 2 bridgehead atoms. The van der Waals surface area contributed by atoms with Crippen LogP contribution in [0.15, 0.2) is 12.1 Å². The van der Waals surface area contributed by atoms with Crippen molar-refractivity contribution in [2.45, 2.75) is 51.4 Å². The van der Waals surface area contributed by atoms with Crippen molar-refractivity contribution in [1.29, 1.82) is 0 Å². The van der Waals surface area contributed by atoms with Gasteiger partial charge in [-0.3, -0.25) is 0 Å². The molecule has 0 N–H and O–H groups in total. The lowest BCUT2D eigenvalue weighted by molar-refractivity contribution is -0.367. The van der Waals surface area contributed by atoms with E-state index >= 15 is 0 Å². The minimum Gasteiger partial charge on any atom is -0.490 e. The van der Waals surface area contributed by atoms with Crippen LogP contribution in [0.3, 0.4) is 0 Å². The molecule has 134 valence electrons. The summed E-state index contributed by atoms with van der Waals surface area (Å²) in [5.41, 5.74) is -3.76. The third kappa shape index (κ3) is 2.02. The Kier molecular flexibility index (Phi) is 3.67. The zero-order chi connectivity index (χ0) is 18.0. The van der Waals surface area contributed by atoms with Gasteiger partial charge >= 0.3 is 11.8 Å². The molecule has 1 aromatic rings. The van der Waals surface area contributed by atoms with Crippen molar-refractivity contribution in [2.75, 3.05) is 6.61 Å². The van der Waals surface area contributed by atoms with Gasteiger partial charge in [-0.1, -0.05) is 13.0 Å². The number of fused-ring (bicyclic) bond motifs is 3. The van der Waals surface area contributed by atoms with Crippen molar-refractivity contribution in [3.05, 3.63) is 29.3 Å². The van der Waals surface area contributed by atoms with Gasteiger partial charge in [-0.25, -0.2) is 4.39 Å². The Hall–Kier alpha value is -1.40. The predicted molar refractivity (Wildman–Crippen MR) is 75.5 cm³/mol. The third-order valence-electron chi connectivity index (χ3n) is 5.87. The molecule has 0 atom stereocenters. The fraction of sp³-hybridized carbons (Fsp3) is 0.647. The lowest BCUT2D eigenvalue weighted by Crippen LogP contribution is -2.70. The molecule has 7 heteroatoms. The summed E-state index contributed by atoms with van der Waals surface area (Å²) in [4.78, 5) is 0. The van der Waals surface area contributed by atoms with Gasteiger partial charge in [0.05, 0.1) is 12.0 Å². The van der Waals surface area contributed by atoms with E-state index in [2.05, 4.69) is 0 Å². The van der Waals surface area contributed by atoms with E-state index in [-0.39, 0.29) is 31.2 Å². The lowest BCUT2D eigenvalue weighted by atomic mass is 9.50. The van der Waals surface area contributed by atoms with E-state index in [1.54, 1.807) is 0 Å². The van der Waals surface area contributed by atoms with Crippen LogP contribution in [-0.4, -0.2) is 18.5 Å². The molecular formula is C17H18F6O. The Morgan fingerprint density at radius 1 is 0.917 bits per heavy atom. The first-order valence-corrected chi connectivity index (χ1v) is 7.81. The number of halogens is 6. The average Bonchev–Trinajstić information content (AvgIpc) is 2.52. The summed E-state index contributed by atoms with van der Waals surface area (Å²) >= 11 is 0. The second kappa shape index (κ2) is 5.05. The summed E-state index contributed by atoms with van der Waals surface area (Å²) in [5.74, 6) is -11.4. The monoisotopic (exact) mass is 352 g/mol. The Balaban J connectivity index is 1.89. The first kappa shape index (κ1) is 17.4. The van der Waals surface area contributed by atoms with Crippen LogP contribution in [0.2, 0.25) is 0 Å². The van der Waals surface area contributed by atoms with Gasteiger partial charge in [0.15, 0.2) is 11.6 Å². The Labute approximate surface area is 136 Å². The molecular weight excluding hydrogens is 334 g/mol. The molecule has 0 spiro atoms. The van der Waals surface area contributed by atoms with Crippen LogP contribution in [0, 0.1) is 29.4 Å². The molecule has 0 radical (unpaired) electrons. The standard InChI is InChI=1S/C17H18F6O/c1-10-3-4-11(13(19)12(10)18)24-9-15-7-5-14(2,6-8-15)16(20,21)17(15,22)23/h3-4H,5-9H2,1-2H3. The molecule has 1 aromatic carbocycles. The maximum Gasteiger partial charge on any atom is 0.319 e. The molecule has 1 nitrogen and oxygen atoms in total. The largest absolute Gasteiger partial charge is 0.490 e. The minimum absolute atomic E-state index is 0.0426. The molecule has 3 fully saturated rings. The molecule has 0 aliphatic heterocycles. The molecule has 0 unspecified atom stereocenters. The molecule has 4 rings (SSSR count). The quantitative estimate of drug-likeness (QED) is 0.653. The van der Waals surface area contributed by atoms with Crippen molar-refractivity contribution >= 4 is 0 Å². The van der Waals surface area contributed by atoms with Crippen LogP contribution < -0.4 is 4.74 Å². The fourth-order valence-electron chi connectivity index (χ4n) is 3.81. The van der Waals surface area contributed by atoms with Gasteiger partial charge < -0.3 is 4.74 Å². The van der Waals surface area contributed by atoms with E-state index in [1.807, 2.05) is 0 Å². The molecule has 3 saturated carbocycles. The van der Waals surface area contributed by atoms with Gasteiger partial charge in [0.25, 0.3) is 0 Å². The van der Waals surface area contributed by atoms with Crippen molar-refractivity contribution in [1.82, 2.24) is 0 Å². The SMILES string of the molecule is Cc1ccc(OCC23CCC(C)(CC2)C(F)(F)C3(F)F)c(F)c1F. The molecule has 0 saturated heterocycles. The Morgan fingerprint density at radius 2 is 1.50 bits per heavy atom. The van der Waals surface area contributed by atoms with Crippen LogP contribution in [0.25, 0.3) is 0 Å². The maximum atomic E-state index is 14.5. The van der Waals surface area contributed by atoms with Crippen molar-refractivity contribution < 1.29 is 31.1 Å². The van der Waals surface area contributed by atoms with E-state index in [9.17, 15) is 26.3 Å². The first-order valence-electron chi connectivity index (χ1n) is 7.81. The van der Waals surface area contributed by atoms with Gasteiger partial charge in [0, 0.05) is 5.41 Å². The minimum atomic E-state index is -4.26. The fourth-order valence-corrected chi connectivity index (χ4v) is 3.81. The number of hydrogen-bond donors (Lipinski definition) is 0. The van der Waals surface area contributed by atoms with Gasteiger partial charge in [-0.05, 0) is 44.2 Å². The molecule has 24 heavy (non-hydrogen) atoms. The molecule has 0 heterocycles. The third-order valence-corrected chi connectivity index (χ3v) is 5.87. The number of aryl methyl sites for hydroxylation is 1. The number of hydrogen-bond acceptors (Lipinski definition) is 1. The smallest absolute Gasteiger partial charge is 0.319 e. The number of rotatable bonds is 3. The highest BCUT2D eigenvalue weighted by atomic mass is 19.3. The number of benzene rings is 1. The molecule has 0 aromatic heterocycles. The van der Waals surface area contributed by atoms with Crippen molar-refractivity contribution in [2.24, 2.45) is 10.8 Å².